The lowest BCUT2D eigenvalue weighted by molar-refractivity contribution is 0.0930. The SMILES string of the molecule is Cc1ccc(N(Cc2ccc(C(=O)NC(C)C(C)C)cc2)S(C)(=O)=O)cc1C. The van der Waals surface area contributed by atoms with Gasteiger partial charge in [0.1, 0.15) is 0 Å². The Hall–Kier alpha value is -2.34. The van der Waals surface area contributed by atoms with Crippen molar-refractivity contribution in [1.82, 2.24) is 5.32 Å². The van der Waals surface area contributed by atoms with E-state index in [9.17, 15) is 13.2 Å². The zero-order valence-electron chi connectivity index (χ0n) is 17.5. The molecular formula is C22H30N2O3S. The van der Waals surface area contributed by atoms with E-state index in [0.717, 1.165) is 16.7 Å². The van der Waals surface area contributed by atoms with Crippen molar-refractivity contribution < 1.29 is 13.2 Å². The van der Waals surface area contributed by atoms with Gasteiger partial charge in [0, 0.05) is 11.6 Å². The van der Waals surface area contributed by atoms with Crippen molar-refractivity contribution in [2.75, 3.05) is 10.6 Å². The van der Waals surface area contributed by atoms with Crippen LogP contribution in [0, 0.1) is 19.8 Å². The minimum absolute atomic E-state index is 0.0812. The number of sulfonamides is 1. The van der Waals surface area contributed by atoms with Crippen LogP contribution in [-0.2, 0) is 16.6 Å². The molecule has 0 aliphatic carbocycles. The Morgan fingerprint density at radius 1 is 1.00 bits per heavy atom. The molecule has 0 saturated heterocycles. The number of rotatable bonds is 7. The van der Waals surface area contributed by atoms with Crippen LogP contribution in [0.2, 0.25) is 0 Å². The monoisotopic (exact) mass is 402 g/mol. The van der Waals surface area contributed by atoms with Gasteiger partial charge in [-0.1, -0.05) is 32.0 Å². The predicted molar refractivity (Wildman–Crippen MR) is 115 cm³/mol. The summed E-state index contributed by atoms with van der Waals surface area (Å²) in [6, 6.07) is 12.8. The number of nitrogens with one attached hydrogen (secondary N) is 1. The molecule has 0 saturated carbocycles. The Morgan fingerprint density at radius 2 is 1.61 bits per heavy atom. The van der Waals surface area contributed by atoms with Crippen LogP contribution in [0.3, 0.4) is 0 Å². The molecule has 28 heavy (non-hydrogen) atoms. The third kappa shape index (κ3) is 5.58. The van der Waals surface area contributed by atoms with E-state index in [1.807, 2.05) is 39.0 Å². The van der Waals surface area contributed by atoms with Gasteiger partial charge in [-0.05, 0) is 67.6 Å². The summed E-state index contributed by atoms with van der Waals surface area (Å²) in [5.74, 6) is 0.228. The lowest BCUT2D eigenvalue weighted by Crippen LogP contribution is -2.36. The van der Waals surface area contributed by atoms with Gasteiger partial charge in [-0.15, -0.1) is 0 Å². The summed E-state index contributed by atoms with van der Waals surface area (Å²) in [4.78, 5) is 12.3. The molecule has 0 radical (unpaired) electrons. The number of aryl methyl sites for hydroxylation is 2. The average molecular weight is 403 g/mol. The fourth-order valence-corrected chi connectivity index (χ4v) is 3.54. The van der Waals surface area contributed by atoms with E-state index in [4.69, 9.17) is 0 Å². The van der Waals surface area contributed by atoms with E-state index >= 15 is 0 Å². The lowest BCUT2D eigenvalue weighted by atomic mass is 10.1. The quantitative estimate of drug-likeness (QED) is 0.760. The van der Waals surface area contributed by atoms with Crippen molar-refractivity contribution in [3.05, 3.63) is 64.7 Å². The van der Waals surface area contributed by atoms with E-state index in [2.05, 4.69) is 19.2 Å². The van der Waals surface area contributed by atoms with Crippen molar-refractivity contribution in [2.24, 2.45) is 5.92 Å². The molecule has 0 aliphatic rings. The summed E-state index contributed by atoms with van der Waals surface area (Å²) in [5, 5.41) is 2.97. The normalized spacial score (nSPS) is 12.7. The molecule has 1 atom stereocenters. The molecule has 0 heterocycles. The average Bonchev–Trinajstić information content (AvgIpc) is 2.61. The number of carbonyl (C=O) groups excluding carboxylic acids is 1. The van der Waals surface area contributed by atoms with Crippen molar-refractivity contribution >= 4 is 21.6 Å². The molecule has 5 nitrogen and oxygen atoms in total. The zero-order valence-corrected chi connectivity index (χ0v) is 18.3. The fraction of sp³-hybridized carbons (Fsp3) is 0.409. The first-order valence-electron chi connectivity index (χ1n) is 9.44. The van der Waals surface area contributed by atoms with Crippen molar-refractivity contribution in [1.29, 1.82) is 0 Å². The number of anilines is 1. The molecule has 0 bridgehead atoms. The Balaban J connectivity index is 2.21. The number of amides is 1. The molecular weight excluding hydrogens is 372 g/mol. The molecule has 1 amide bonds. The number of carbonyl (C=O) groups is 1. The smallest absolute Gasteiger partial charge is 0.251 e. The van der Waals surface area contributed by atoms with Gasteiger partial charge in [0.15, 0.2) is 0 Å². The summed E-state index contributed by atoms with van der Waals surface area (Å²) >= 11 is 0. The molecule has 6 heteroatoms. The van der Waals surface area contributed by atoms with E-state index in [0.29, 0.717) is 17.2 Å². The summed E-state index contributed by atoms with van der Waals surface area (Å²) in [6.07, 6.45) is 1.21. The highest BCUT2D eigenvalue weighted by Gasteiger charge is 2.19. The van der Waals surface area contributed by atoms with Crippen LogP contribution >= 0.6 is 0 Å². The maximum absolute atomic E-state index is 12.4. The van der Waals surface area contributed by atoms with Gasteiger partial charge in [0.2, 0.25) is 10.0 Å². The van der Waals surface area contributed by atoms with Crippen LogP contribution in [-0.4, -0.2) is 26.6 Å². The Bertz CT molecular complexity index is 935. The first kappa shape index (κ1) is 22.0. The molecule has 0 aliphatic heterocycles. The van der Waals surface area contributed by atoms with Gasteiger partial charge < -0.3 is 5.32 Å². The van der Waals surface area contributed by atoms with Gasteiger partial charge in [-0.2, -0.15) is 0 Å². The van der Waals surface area contributed by atoms with Crippen LogP contribution in [0.15, 0.2) is 42.5 Å². The van der Waals surface area contributed by atoms with E-state index in [1.54, 1.807) is 24.3 Å². The molecule has 2 aromatic rings. The van der Waals surface area contributed by atoms with Gasteiger partial charge in [0.25, 0.3) is 5.91 Å². The summed E-state index contributed by atoms with van der Waals surface area (Å²) in [6.45, 7) is 10.3. The molecule has 0 spiro atoms. The number of nitrogens with zero attached hydrogens (tertiary/aromatic N) is 1. The van der Waals surface area contributed by atoms with Crippen LogP contribution in [0.4, 0.5) is 5.69 Å². The highest BCUT2D eigenvalue weighted by atomic mass is 32.2. The maximum atomic E-state index is 12.4. The van der Waals surface area contributed by atoms with Gasteiger partial charge in [-0.25, -0.2) is 8.42 Å². The zero-order chi connectivity index (χ0) is 21.1. The summed E-state index contributed by atoms with van der Waals surface area (Å²) < 4.78 is 26.1. The molecule has 2 rings (SSSR count). The highest BCUT2D eigenvalue weighted by molar-refractivity contribution is 7.92. The van der Waals surface area contributed by atoms with E-state index in [1.165, 1.54) is 10.6 Å². The van der Waals surface area contributed by atoms with Crippen molar-refractivity contribution in [3.63, 3.8) is 0 Å². The third-order valence-electron chi connectivity index (χ3n) is 5.08. The Kier molecular flexibility index (Phi) is 6.88. The van der Waals surface area contributed by atoms with E-state index < -0.39 is 10.0 Å². The van der Waals surface area contributed by atoms with Crippen LogP contribution in [0.25, 0.3) is 0 Å². The minimum atomic E-state index is -3.44. The molecule has 152 valence electrons. The standard InChI is InChI=1S/C22H30N2O3S/c1-15(2)18(5)23-22(25)20-10-8-19(9-11-20)14-24(28(6,26)27)21-12-7-16(3)17(4)13-21/h7-13,15,18H,14H2,1-6H3,(H,23,25). The molecule has 2 aromatic carbocycles. The first-order chi connectivity index (χ1) is 13.0. The van der Waals surface area contributed by atoms with Crippen LogP contribution in [0.5, 0.6) is 0 Å². The van der Waals surface area contributed by atoms with Crippen LogP contribution in [0.1, 0.15) is 47.8 Å². The largest absolute Gasteiger partial charge is 0.349 e. The second kappa shape index (κ2) is 8.78. The van der Waals surface area contributed by atoms with Crippen molar-refractivity contribution in [3.8, 4) is 0 Å². The van der Waals surface area contributed by atoms with Gasteiger partial charge in [-0.3, -0.25) is 9.10 Å². The van der Waals surface area contributed by atoms with Crippen LogP contribution < -0.4 is 9.62 Å². The molecule has 1 N–H and O–H groups in total. The molecule has 0 aromatic heterocycles. The van der Waals surface area contributed by atoms with E-state index in [-0.39, 0.29) is 18.5 Å². The minimum Gasteiger partial charge on any atom is -0.349 e. The van der Waals surface area contributed by atoms with Crippen molar-refractivity contribution in [2.45, 2.75) is 47.2 Å². The Labute approximate surface area is 168 Å². The third-order valence-corrected chi connectivity index (χ3v) is 6.22. The second-order valence-corrected chi connectivity index (χ2v) is 9.65. The Morgan fingerprint density at radius 3 is 2.11 bits per heavy atom. The maximum Gasteiger partial charge on any atom is 0.251 e. The molecule has 0 fully saturated rings. The van der Waals surface area contributed by atoms with Gasteiger partial charge >= 0.3 is 0 Å². The summed E-state index contributed by atoms with van der Waals surface area (Å²) in [7, 11) is -3.44. The van der Waals surface area contributed by atoms with Gasteiger partial charge in [0.05, 0.1) is 18.5 Å². The topological polar surface area (TPSA) is 66.5 Å². The first-order valence-corrected chi connectivity index (χ1v) is 11.3. The lowest BCUT2D eigenvalue weighted by Gasteiger charge is -2.23. The number of benzene rings is 2. The fourth-order valence-electron chi connectivity index (χ4n) is 2.66. The molecule has 1 unspecified atom stereocenters. The predicted octanol–water partition coefficient (Wildman–Crippen LogP) is 4.04. The highest BCUT2D eigenvalue weighted by Crippen LogP contribution is 2.23. The number of hydrogen-bond donors (Lipinski definition) is 1. The second-order valence-electron chi connectivity index (χ2n) is 7.74. The number of hydrogen-bond acceptors (Lipinski definition) is 3. The summed E-state index contributed by atoms with van der Waals surface area (Å²) in [5.41, 5.74) is 4.17.